The Balaban J connectivity index is 1.90. The van der Waals surface area contributed by atoms with Crippen LogP contribution in [-0.4, -0.2) is 16.4 Å². The molecule has 3 rings (SSSR count). The van der Waals surface area contributed by atoms with Gasteiger partial charge >= 0.3 is 0 Å². The second-order valence-electron chi connectivity index (χ2n) is 4.51. The van der Waals surface area contributed by atoms with E-state index in [1.165, 1.54) is 6.07 Å². The summed E-state index contributed by atoms with van der Waals surface area (Å²) >= 11 is 7.64. The number of nitrogens with one attached hydrogen (secondary N) is 1. The molecule has 0 aliphatic rings. The Kier molecular flexibility index (Phi) is 3.74. The summed E-state index contributed by atoms with van der Waals surface area (Å²) in [4.78, 5) is 5.50. The third-order valence-corrected chi connectivity index (χ3v) is 4.43. The third-order valence-electron chi connectivity index (χ3n) is 3.26. The number of halogens is 2. The number of benzene rings is 1. The van der Waals surface area contributed by atoms with Gasteiger partial charge in [0.2, 0.25) is 0 Å². The maximum atomic E-state index is 13.6. The molecule has 1 N–H and O–H groups in total. The largest absolute Gasteiger partial charge is 0.313 e. The Hall–Kier alpha value is -1.43. The minimum Gasteiger partial charge on any atom is -0.313 e. The normalized spacial score (nSPS) is 12.9. The first kappa shape index (κ1) is 13.5. The summed E-state index contributed by atoms with van der Waals surface area (Å²) in [5, 5.41) is 5.34. The zero-order valence-electron chi connectivity index (χ0n) is 10.8. The lowest BCUT2D eigenvalue weighted by Gasteiger charge is -2.17. The molecule has 3 aromatic rings. The highest BCUT2D eigenvalue weighted by Crippen LogP contribution is 2.28. The van der Waals surface area contributed by atoms with E-state index >= 15 is 0 Å². The van der Waals surface area contributed by atoms with Crippen LogP contribution in [0.5, 0.6) is 0 Å². The molecule has 0 radical (unpaired) electrons. The smallest absolute Gasteiger partial charge is 0.193 e. The highest BCUT2D eigenvalue weighted by Gasteiger charge is 2.17. The molecule has 0 bridgehead atoms. The van der Waals surface area contributed by atoms with Gasteiger partial charge in [0.15, 0.2) is 4.96 Å². The van der Waals surface area contributed by atoms with E-state index in [4.69, 9.17) is 11.6 Å². The fraction of sp³-hybridized carbons (Fsp3) is 0.214. The zero-order valence-corrected chi connectivity index (χ0v) is 12.4. The Morgan fingerprint density at radius 3 is 3.10 bits per heavy atom. The van der Waals surface area contributed by atoms with Crippen LogP contribution in [0.25, 0.3) is 4.96 Å². The highest BCUT2D eigenvalue weighted by molar-refractivity contribution is 7.15. The van der Waals surface area contributed by atoms with Gasteiger partial charge in [-0.05, 0) is 18.7 Å². The van der Waals surface area contributed by atoms with E-state index in [-0.39, 0.29) is 11.1 Å². The quantitative estimate of drug-likeness (QED) is 0.796. The van der Waals surface area contributed by atoms with Gasteiger partial charge in [0.05, 0.1) is 10.7 Å². The number of imidazole rings is 1. The zero-order chi connectivity index (χ0) is 14.1. The molecule has 0 amide bonds. The lowest BCUT2D eigenvalue weighted by Crippen LogP contribution is -2.19. The second-order valence-corrected chi connectivity index (χ2v) is 5.76. The molecule has 104 valence electrons. The van der Waals surface area contributed by atoms with Crippen LogP contribution in [-0.2, 0) is 6.42 Å². The van der Waals surface area contributed by atoms with E-state index in [2.05, 4.69) is 10.3 Å². The first-order chi connectivity index (χ1) is 9.69. The Morgan fingerprint density at radius 1 is 1.50 bits per heavy atom. The highest BCUT2D eigenvalue weighted by atomic mass is 35.5. The molecule has 0 aliphatic heterocycles. The number of nitrogens with zero attached hydrogens (tertiary/aromatic N) is 2. The van der Waals surface area contributed by atoms with Crippen molar-refractivity contribution in [2.75, 3.05) is 7.05 Å². The van der Waals surface area contributed by atoms with Crippen molar-refractivity contribution in [2.45, 2.75) is 12.5 Å². The fourth-order valence-electron chi connectivity index (χ4n) is 2.24. The van der Waals surface area contributed by atoms with E-state index in [1.807, 2.05) is 35.3 Å². The molecular weight excluding hydrogens is 297 g/mol. The van der Waals surface area contributed by atoms with Crippen LogP contribution >= 0.6 is 22.9 Å². The summed E-state index contributed by atoms with van der Waals surface area (Å²) in [6, 6.07) is 4.81. The van der Waals surface area contributed by atoms with Crippen LogP contribution < -0.4 is 5.32 Å². The number of thiazole rings is 1. The van der Waals surface area contributed by atoms with Crippen molar-refractivity contribution in [3.8, 4) is 0 Å². The first-order valence-electron chi connectivity index (χ1n) is 6.21. The predicted molar refractivity (Wildman–Crippen MR) is 80.0 cm³/mol. The lowest BCUT2D eigenvalue weighted by atomic mass is 10.0. The van der Waals surface area contributed by atoms with Crippen molar-refractivity contribution in [3.05, 3.63) is 58.1 Å². The average molecular weight is 310 g/mol. The van der Waals surface area contributed by atoms with Crippen molar-refractivity contribution in [3.63, 3.8) is 0 Å². The Morgan fingerprint density at radius 2 is 2.35 bits per heavy atom. The van der Waals surface area contributed by atoms with Crippen molar-refractivity contribution in [1.82, 2.24) is 14.7 Å². The van der Waals surface area contributed by atoms with Crippen LogP contribution in [0.4, 0.5) is 4.39 Å². The molecule has 0 saturated heterocycles. The molecule has 3 nitrogen and oxygen atoms in total. The summed E-state index contributed by atoms with van der Waals surface area (Å²) in [6.07, 6.45) is 4.62. The van der Waals surface area contributed by atoms with E-state index < -0.39 is 5.82 Å². The first-order valence-corrected chi connectivity index (χ1v) is 7.47. The van der Waals surface area contributed by atoms with Crippen LogP contribution in [0.15, 0.2) is 36.0 Å². The minimum absolute atomic E-state index is 0.0668. The monoisotopic (exact) mass is 309 g/mol. The van der Waals surface area contributed by atoms with E-state index in [9.17, 15) is 4.39 Å². The molecule has 0 spiro atoms. The molecule has 20 heavy (non-hydrogen) atoms. The standard InChI is InChI=1S/C14H13ClFN3S/c1-17-12(10-3-2-4-11(16)13(10)15)7-9-8-19-5-6-20-14(19)18-9/h2-6,8,12,17H,7H2,1H3. The number of rotatable bonds is 4. The number of fused-ring (bicyclic) bond motifs is 1. The number of likely N-dealkylation sites (N-methyl/N-ethyl adjacent to an activating group) is 1. The van der Waals surface area contributed by atoms with Gasteiger partial charge in [0, 0.05) is 30.2 Å². The van der Waals surface area contributed by atoms with Gasteiger partial charge in [-0.25, -0.2) is 9.37 Å². The molecule has 1 aromatic carbocycles. The third kappa shape index (κ3) is 2.44. The van der Waals surface area contributed by atoms with Crippen molar-refractivity contribution < 1.29 is 4.39 Å². The summed E-state index contributed by atoms with van der Waals surface area (Å²) in [7, 11) is 1.84. The van der Waals surface area contributed by atoms with Crippen LogP contribution in [0.1, 0.15) is 17.3 Å². The Bertz CT molecular complexity index is 708. The van der Waals surface area contributed by atoms with Crippen molar-refractivity contribution in [2.24, 2.45) is 0 Å². The summed E-state index contributed by atoms with van der Waals surface area (Å²) in [5.74, 6) is -0.393. The Labute approximate surface area is 125 Å². The maximum Gasteiger partial charge on any atom is 0.193 e. The summed E-state index contributed by atoms with van der Waals surface area (Å²) < 4.78 is 15.5. The van der Waals surface area contributed by atoms with Gasteiger partial charge in [0.25, 0.3) is 0 Å². The number of hydrogen-bond donors (Lipinski definition) is 1. The van der Waals surface area contributed by atoms with E-state index in [0.717, 1.165) is 16.2 Å². The van der Waals surface area contributed by atoms with E-state index in [1.54, 1.807) is 17.4 Å². The predicted octanol–water partition coefficient (Wildman–Crippen LogP) is 3.69. The van der Waals surface area contributed by atoms with Crippen LogP contribution in [0, 0.1) is 5.82 Å². The number of hydrogen-bond acceptors (Lipinski definition) is 3. The fourth-order valence-corrected chi connectivity index (χ4v) is 3.22. The van der Waals surface area contributed by atoms with Crippen LogP contribution in [0.2, 0.25) is 5.02 Å². The topological polar surface area (TPSA) is 29.3 Å². The SMILES string of the molecule is CNC(Cc1cn2ccsc2n1)c1cccc(F)c1Cl. The molecule has 1 atom stereocenters. The van der Waals surface area contributed by atoms with Crippen molar-refractivity contribution >= 4 is 27.9 Å². The molecule has 0 aliphatic carbocycles. The molecule has 6 heteroatoms. The minimum atomic E-state index is -0.393. The molecule has 2 heterocycles. The van der Waals surface area contributed by atoms with Gasteiger partial charge in [-0.1, -0.05) is 23.7 Å². The summed E-state index contributed by atoms with van der Waals surface area (Å²) in [5.41, 5.74) is 1.71. The molecule has 0 saturated carbocycles. The van der Waals surface area contributed by atoms with Crippen molar-refractivity contribution in [1.29, 1.82) is 0 Å². The van der Waals surface area contributed by atoms with Gasteiger partial charge in [-0.3, -0.25) is 4.40 Å². The van der Waals surface area contributed by atoms with E-state index in [0.29, 0.717) is 6.42 Å². The molecular formula is C14H13ClFN3S. The van der Waals surface area contributed by atoms with Gasteiger partial charge in [-0.15, -0.1) is 11.3 Å². The average Bonchev–Trinajstić information content (AvgIpc) is 3.00. The van der Waals surface area contributed by atoms with Gasteiger partial charge in [0.1, 0.15) is 5.82 Å². The molecule has 0 fully saturated rings. The van der Waals surface area contributed by atoms with Crippen LogP contribution in [0.3, 0.4) is 0 Å². The molecule has 2 aromatic heterocycles. The lowest BCUT2D eigenvalue weighted by molar-refractivity contribution is 0.573. The van der Waals surface area contributed by atoms with Gasteiger partial charge < -0.3 is 5.32 Å². The molecule has 1 unspecified atom stereocenters. The summed E-state index contributed by atoms with van der Waals surface area (Å²) in [6.45, 7) is 0. The second kappa shape index (κ2) is 5.52. The number of aromatic nitrogens is 2. The maximum absolute atomic E-state index is 13.6. The van der Waals surface area contributed by atoms with Gasteiger partial charge in [-0.2, -0.15) is 0 Å².